The lowest BCUT2D eigenvalue weighted by Gasteiger charge is -2.40. The van der Waals surface area contributed by atoms with E-state index < -0.39 is 47.7 Å². The van der Waals surface area contributed by atoms with Crippen molar-refractivity contribution in [1.29, 1.82) is 0 Å². The smallest absolute Gasteiger partial charge is 0.305 e. The zero-order valence-electron chi connectivity index (χ0n) is 14.8. The number of carboxylic acids is 1. The normalized spacial score (nSPS) is 21.9. The van der Waals surface area contributed by atoms with Gasteiger partial charge in [0, 0.05) is 6.61 Å². The van der Waals surface area contributed by atoms with Crippen LogP contribution in [0.5, 0.6) is 0 Å². The molecule has 1 fully saturated rings. The van der Waals surface area contributed by atoms with Crippen LogP contribution < -0.4 is 10.6 Å². The molecule has 1 aliphatic heterocycles. The highest BCUT2D eigenvalue weighted by molar-refractivity contribution is 5.85. The van der Waals surface area contributed by atoms with Crippen LogP contribution in [0.2, 0.25) is 0 Å². The van der Waals surface area contributed by atoms with Crippen LogP contribution in [-0.2, 0) is 24.8 Å². The van der Waals surface area contributed by atoms with E-state index in [4.69, 9.17) is 9.84 Å². The van der Waals surface area contributed by atoms with Crippen molar-refractivity contribution in [2.24, 2.45) is 0 Å². The molecule has 0 saturated carbocycles. The monoisotopic (exact) mass is 384 g/mol. The zero-order valence-corrected chi connectivity index (χ0v) is 14.8. The van der Waals surface area contributed by atoms with Gasteiger partial charge in [0.1, 0.15) is 17.9 Å². The van der Waals surface area contributed by atoms with Gasteiger partial charge in [0.05, 0.1) is 24.1 Å². The third-order valence-electron chi connectivity index (χ3n) is 4.37. The van der Waals surface area contributed by atoms with E-state index in [1.807, 2.05) is 0 Å². The van der Waals surface area contributed by atoms with Crippen LogP contribution in [0.25, 0.3) is 0 Å². The van der Waals surface area contributed by atoms with Crippen LogP contribution in [0.3, 0.4) is 0 Å². The van der Waals surface area contributed by atoms with Gasteiger partial charge in [-0.3, -0.25) is 14.9 Å². The van der Waals surface area contributed by atoms with Gasteiger partial charge < -0.3 is 20.0 Å². The summed E-state index contributed by atoms with van der Waals surface area (Å²) < 4.78 is 34.4. The first-order valence-corrected chi connectivity index (χ1v) is 8.62. The average Bonchev–Trinajstić information content (AvgIpc) is 2.61. The lowest BCUT2D eigenvalue weighted by Crippen LogP contribution is -2.57. The number of carboxylic acid groups (broad SMARTS) is 1. The molecule has 0 bridgehead atoms. The van der Waals surface area contributed by atoms with Crippen molar-refractivity contribution in [1.82, 2.24) is 10.6 Å². The Morgan fingerprint density at radius 3 is 2.52 bits per heavy atom. The number of aliphatic carboxylic acids is 1. The highest BCUT2D eigenvalue weighted by atomic mass is 19.1. The first kappa shape index (κ1) is 20.9. The standard InChI is InChI=1S/C18H22F2N2O5/c1-11(17(26)21-12(10-23)9-15(24)25)22-18(7-2-3-8-27-18)16-13(19)5-4-6-14(16)20/h4-6,10-12,22H,2-3,7-9H2,1H3,(H,21,26)(H,24,25)/t11-,12-,18?/m0/s1. The van der Waals surface area contributed by atoms with Crippen molar-refractivity contribution in [3.05, 3.63) is 35.4 Å². The second kappa shape index (κ2) is 9.01. The molecule has 0 aliphatic carbocycles. The number of carbonyl (C=O) groups is 3. The summed E-state index contributed by atoms with van der Waals surface area (Å²) in [5, 5.41) is 13.9. The number of hydrogen-bond acceptors (Lipinski definition) is 5. The molecule has 3 N–H and O–H groups in total. The molecule has 0 aromatic heterocycles. The predicted molar refractivity (Wildman–Crippen MR) is 90.7 cm³/mol. The highest BCUT2D eigenvalue weighted by Gasteiger charge is 2.42. The first-order valence-electron chi connectivity index (χ1n) is 8.62. The number of hydrogen-bond donors (Lipinski definition) is 3. The van der Waals surface area contributed by atoms with Crippen LogP contribution in [0.1, 0.15) is 38.2 Å². The van der Waals surface area contributed by atoms with Gasteiger partial charge in [-0.05, 0) is 38.3 Å². The van der Waals surface area contributed by atoms with Gasteiger partial charge in [0.2, 0.25) is 5.91 Å². The molecular formula is C18H22F2N2O5. The van der Waals surface area contributed by atoms with Crippen LogP contribution in [0.15, 0.2) is 18.2 Å². The molecule has 1 unspecified atom stereocenters. The largest absolute Gasteiger partial charge is 0.481 e. The molecule has 1 aliphatic rings. The quantitative estimate of drug-likeness (QED) is 0.586. The number of rotatable bonds is 8. The molecule has 1 heterocycles. The number of benzene rings is 1. The summed E-state index contributed by atoms with van der Waals surface area (Å²) in [5.41, 5.74) is -1.84. The molecule has 7 nitrogen and oxygen atoms in total. The SMILES string of the molecule is C[C@H](NC1(c2c(F)cccc2F)CCCCO1)C(=O)N[C@H](C=O)CC(=O)O. The molecule has 27 heavy (non-hydrogen) atoms. The van der Waals surface area contributed by atoms with E-state index in [0.717, 1.165) is 12.1 Å². The molecule has 1 saturated heterocycles. The minimum atomic E-state index is -1.53. The summed E-state index contributed by atoms with van der Waals surface area (Å²) in [6.45, 7) is 1.70. The lowest BCUT2D eigenvalue weighted by molar-refractivity contribution is -0.140. The molecular weight excluding hydrogens is 362 g/mol. The number of carbonyl (C=O) groups excluding carboxylic acids is 2. The first-order chi connectivity index (χ1) is 12.8. The van der Waals surface area contributed by atoms with Crippen molar-refractivity contribution in [2.75, 3.05) is 6.61 Å². The summed E-state index contributed by atoms with van der Waals surface area (Å²) in [5.74, 6) is -3.52. The fourth-order valence-corrected chi connectivity index (χ4v) is 3.11. The summed E-state index contributed by atoms with van der Waals surface area (Å²) in [7, 11) is 0. The van der Waals surface area contributed by atoms with Crippen molar-refractivity contribution in [3.8, 4) is 0 Å². The van der Waals surface area contributed by atoms with Crippen LogP contribution >= 0.6 is 0 Å². The van der Waals surface area contributed by atoms with Crippen LogP contribution in [-0.4, -0.2) is 42.0 Å². The predicted octanol–water partition coefficient (Wildman–Crippen LogP) is 1.45. The fourth-order valence-electron chi connectivity index (χ4n) is 3.11. The van der Waals surface area contributed by atoms with E-state index in [9.17, 15) is 23.2 Å². The number of nitrogens with one attached hydrogen (secondary N) is 2. The zero-order chi connectivity index (χ0) is 20.0. The maximum absolute atomic E-state index is 14.4. The van der Waals surface area contributed by atoms with Crippen molar-refractivity contribution >= 4 is 18.2 Å². The van der Waals surface area contributed by atoms with Crippen molar-refractivity contribution in [2.45, 2.75) is 50.4 Å². The van der Waals surface area contributed by atoms with E-state index in [0.29, 0.717) is 19.1 Å². The maximum Gasteiger partial charge on any atom is 0.305 e. The third-order valence-corrected chi connectivity index (χ3v) is 4.37. The Kier molecular flexibility index (Phi) is 6.98. The highest BCUT2D eigenvalue weighted by Crippen LogP contribution is 2.36. The van der Waals surface area contributed by atoms with E-state index in [1.54, 1.807) is 0 Å². The second-order valence-electron chi connectivity index (χ2n) is 6.44. The Bertz CT molecular complexity index is 687. The molecule has 1 aromatic rings. The van der Waals surface area contributed by atoms with Crippen molar-refractivity contribution in [3.63, 3.8) is 0 Å². The fraction of sp³-hybridized carbons (Fsp3) is 0.500. The molecule has 1 amide bonds. The van der Waals surface area contributed by atoms with Gasteiger partial charge in [0.25, 0.3) is 0 Å². The van der Waals surface area contributed by atoms with Crippen LogP contribution in [0.4, 0.5) is 8.78 Å². The Hall–Kier alpha value is -2.39. The topological polar surface area (TPSA) is 105 Å². The van der Waals surface area contributed by atoms with Gasteiger partial charge in [-0.1, -0.05) is 6.07 Å². The molecule has 0 radical (unpaired) electrons. The van der Waals surface area contributed by atoms with Gasteiger partial charge in [0.15, 0.2) is 5.72 Å². The van der Waals surface area contributed by atoms with Gasteiger partial charge >= 0.3 is 5.97 Å². The number of halogens is 2. The van der Waals surface area contributed by atoms with E-state index in [1.165, 1.54) is 13.0 Å². The minimum absolute atomic E-state index is 0.245. The van der Waals surface area contributed by atoms with E-state index >= 15 is 0 Å². The number of aldehydes is 1. The maximum atomic E-state index is 14.4. The van der Waals surface area contributed by atoms with Crippen LogP contribution in [0, 0.1) is 11.6 Å². The van der Waals surface area contributed by atoms with Gasteiger partial charge in [-0.2, -0.15) is 0 Å². The number of ether oxygens (including phenoxy) is 1. The average molecular weight is 384 g/mol. The van der Waals surface area contributed by atoms with Crippen molar-refractivity contribution < 1.29 is 33.0 Å². The van der Waals surface area contributed by atoms with Gasteiger partial charge in [-0.15, -0.1) is 0 Å². The molecule has 9 heteroatoms. The minimum Gasteiger partial charge on any atom is -0.481 e. The summed E-state index contributed by atoms with van der Waals surface area (Å²) in [4.78, 5) is 34.0. The molecule has 2 rings (SSSR count). The molecule has 148 valence electrons. The van der Waals surface area contributed by atoms with Gasteiger partial charge in [-0.25, -0.2) is 8.78 Å². The number of amides is 1. The third kappa shape index (κ3) is 5.08. The summed E-state index contributed by atoms with van der Waals surface area (Å²) in [6.07, 6.45) is 1.35. The Labute approximate surface area is 155 Å². The lowest BCUT2D eigenvalue weighted by atomic mass is 9.92. The molecule has 1 aromatic carbocycles. The summed E-state index contributed by atoms with van der Waals surface area (Å²) >= 11 is 0. The molecule has 3 atom stereocenters. The Morgan fingerprint density at radius 2 is 2.00 bits per heavy atom. The Balaban J connectivity index is 2.22. The Morgan fingerprint density at radius 1 is 1.33 bits per heavy atom. The van der Waals surface area contributed by atoms with E-state index in [2.05, 4.69) is 10.6 Å². The molecule has 0 spiro atoms. The van der Waals surface area contributed by atoms with E-state index in [-0.39, 0.29) is 18.6 Å². The second-order valence-corrected chi connectivity index (χ2v) is 6.44. The summed E-state index contributed by atoms with van der Waals surface area (Å²) in [6, 6.07) is 1.26.